The molecule has 108 valence electrons. The lowest BCUT2D eigenvalue weighted by Gasteiger charge is -2.22. The van der Waals surface area contributed by atoms with Gasteiger partial charge in [-0.25, -0.2) is 4.98 Å². The Hall–Kier alpha value is -1.26. The molecule has 1 N–H and O–H groups in total. The van der Waals surface area contributed by atoms with E-state index >= 15 is 0 Å². The van der Waals surface area contributed by atoms with E-state index in [4.69, 9.17) is 11.6 Å². The standard InChI is InChI=1S/C15H21ClN4/c1-3-17-13-6-4-5-11-8-20(9-12(11)13)10-15-18-7-14(16)19(15)2/h7-9,13,17H,3-6,10H2,1-2H3. The number of nitrogens with zero attached hydrogens (tertiary/aromatic N) is 3. The molecular formula is C15H21ClN4. The molecule has 1 aliphatic rings. The van der Waals surface area contributed by atoms with Gasteiger partial charge in [-0.15, -0.1) is 0 Å². The van der Waals surface area contributed by atoms with Gasteiger partial charge in [0.15, 0.2) is 0 Å². The van der Waals surface area contributed by atoms with Crippen LogP contribution in [0.3, 0.4) is 0 Å². The van der Waals surface area contributed by atoms with E-state index in [0.29, 0.717) is 11.2 Å². The van der Waals surface area contributed by atoms with Crippen molar-refractivity contribution in [3.8, 4) is 0 Å². The van der Waals surface area contributed by atoms with Gasteiger partial charge < -0.3 is 14.5 Å². The highest BCUT2D eigenvalue weighted by molar-refractivity contribution is 6.29. The molecular weight excluding hydrogens is 272 g/mol. The zero-order valence-electron chi connectivity index (χ0n) is 12.1. The minimum atomic E-state index is 0.509. The highest BCUT2D eigenvalue weighted by Gasteiger charge is 2.21. The van der Waals surface area contributed by atoms with Gasteiger partial charge >= 0.3 is 0 Å². The summed E-state index contributed by atoms with van der Waals surface area (Å²) in [5.74, 6) is 0.988. The summed E-state index contributed by atoms with van der Waals surface area (Å²) in [6.45, 7) is 3.96. The molecule has 5 heteroatoms. The summed E-state index contributed by atoms with van der Waals surface area (Å²) in [5, 5.41) is 4.26. The summed E-state index contributed by atoms with van der Waals surface area (Å²) >= 11 is 6.04. The number of hydrogen-bond donors (Lipinski definition) is 1. The Morgan fingerprint density at radius 3 is 3.00 bits per heavy atom. The smallest absolute Gasteiger partial charge is 0.129 e. The van der Waals surface area contributed by atoms with Gasteiger partial charge in [-0.2, -0.15) is 0 Å². The molecule has 0 saturated heterocycles. The van der Waals surface area contributed by atoms with Gasteiger partial charge in [-0.1, -0.05) is 18.5 Å². The summed E-state index contributed by atoms with van der Waals surface area (Å²) in [5.41, 5.74) is 2.93. The van der Waals surface area contributed by atoms with Crippen LogP contribution in [0.25, 0.3) is 0 Å². The average Bonchev–Trinajstić information content (AvgIpc) is 2.98. The van der Waals surface area contributed by atoms with Crippen molar-refractivity contribution in [2.45, 2.75) is 38.8 Å². The van der Waals surface area contributed by atoms with E-state index in [2.05, 4.69) is 34.2 Å². The first-order valence-electron chi connectivity index (χ1n) is 7.27. The van der Waals surface area contributed by atoms with Gasteiger partial charge in [-0.05, 0) is 36.9 Å². The maximum absolute atomic E-state index is 6.04. The van der Waals surface area contributed by atoms with Crippen molar-refractivity contribution < 1.29 is 0 Å². The third-order valence-corrected chi connectivity index (χ3v) is 4.47. The molecule has 1 aliphatic carbocycles. The zero-order chi connectivity index (χ0) is 14.1. The van der Waals surface area contributed by atoms with Crippen LogP contribution in [-0.4, -0.2) is 20.7 Å². The molecule has 2 aromatic rings. The molecule has 0 radical (unpaired) electrons. The summed E-state index contributed by atoms with van der Waals surface area (Å²) in [4.78, 5) is 4.37. The molecule has 0 saturated carbocycles. The fourth-order valence-electron chi connectivity index (χ4n) is 3.03. The van der Waals surface area contributed by atoms with Gasteiger partial charge in [0.1, 0.15) is 11.0 Å². The van der Waals surface area contributed by atoms with E-state index in [0.717, 1.165) is 18.9 Å². The van der Waals surface area contributed by atoms with Gasteiger partial charge in [0.05, 0.1) is 12.7 Å². The van der Waals surface area contributed by atoms with Gasteiger partial charge in [0, 0.05) is 25.5 Å². The van der Waals surface area contributed by atoms with Crippen LogP contribution in [0.5, 0.6) is 0 Å². The Balaban J connectivity index is 1.84. The first-order chi connectivity index (χ1) is 9.69. The summed E-state index contributed by atoms with van der Waals surface area (Å²) in [6, 6.07) is 0.509. The number of rotatable bonds is 4. The van der Waals surface area contributed by atoms with E-state index in [9.17, 15) is 0 Å². The van der Waals surface area contributed by atoms with Crippen LogP contribution in [0.2, 0.25) is 5.15 Å². The summed E-state index contributed by atoms with van der Waals surface area (Å²) in [7, 11) is 1.95. The third kappa shape index (κ3) is 2.50. The van der Waals surface area contributed by atoms with Crippen LogP contribution in [0.15, 0.2) is 18.6 Å². The molecule has 0 aromatic carbocycles. The van der Waals surface area contributed by atoms with Crippen molar-refractivity contribution in [3.05, 3.63) is 40.7 Å². The van der Waals surface area contributed by atoms with E-state index in [1.807, 2.05) is 11.6 Å². The molecule has 0 spiro atoms. The molecule has 2 aromatic heterocycles. The number of halogens is 1. The topological polar surface area (TPSA) is 34.8 Å². The van der Waals surface area contributed by atoms with E-state index in [1.165, 1.54) is 30.4 Å². The lowest BCUT2D eigenvalue weighted by molar-refractivity contribution is 0.473. The third-order valence-electron chi connectivity index (χ3n) is 4.11. The van der Waals surface area contributed by atoms with Gasteiger partial charge in [-0.3, -0.25) is 0 Å². The van der Waals surface area contributed by atoms with Crippen LogP contribution < -0.4 is 5.32 Å². The monoisotopic (exact) mass is 292 g/mol. The van der Waals surface area contributed by atoms with E-state index < -0.39 is 0 Å². The second-order valence-electron chi connectivity index (χ2n) is 5.47. The van der Waals surface area contributed by atoms with Crippen LogP contribution in [0, 0.1) is 0 Å². The molecule has 1 unspecified atom stereocenters. The molecule has 3 rings (SSSR count). The van der Waals surface area contributed by atoms with E-state index in [1.54, 1.807) is 6.20 Å². The van der Waals surface area contributed by atoms with Crippen LogP contribution in [-0.2, 0) is 20.0 Å². The Bertz CT molecular complexity index is 599. The predicted octanol–water partition coefficient (Wildman–Crippen LogP) is 2.91. The molecule has 0 amide bonds. The second kappa shape index (κ2) is 5.62. The number of aromatic nitrogens is 3. The number of hydrogen-bond acceptors (Lipinski definition) is 2. The Kier molecular flexibility index (Phi) is 3.85. The fourth-order valence-corrected chi connectivity index (χ4v) is 3.18. The number of imidazole rings is 1. The maximum atomic E-state index is 6.04. The Labute approximate surface area is 124 Å². The normalized spacial score (nSPS) is 18.2. The first-order valence-corrected chi connectivity index (χ1v) is 7.65. The van der Waals surface area contributed by atoms with Crippen molar-refractivity contribution in [1.82, 2.24) is 19.4 Å². The van der Waals surface area contributed by atoms with Crippen molar-refractivity contribution in [2.24, 2.45) is 7.05 Å². The maximum Gasteiger partial charge on any atom is 0.129 e. The zero-order valence-corrected chi connectivity index (χ0v) is 12.8. The molecule has 4 nitrogen and oxygen atoms in total. The van der Waals surface area contributed by atoms with Crippen molar-refractivity contribution in [3.63, 3.8) is 0 Å². The molecule has 0 fully saturated rings. The Morgan fingerprint density at radius 1 is 1.45 bits per heavy atom. The van der Waals surface area contributed by atoms with Crippen LogP contribution >= 0.6 is 11.6 Å². The summed E-state index contributed by atoms with van der Waals surface area (Å²) in [6.07, 6.45) is 9.93. The molecule has 0 bridgehead atoms. The predicted molar refractivity (Wildman–Crippen MR) is 81.1 cm³/mol. The van der Waals surface area contributed by atoms with Crippen LogP contribution in [0.4, 0.5) is 0 Å². The first kappa shape index (κ1) is 13.7. The molecule has 20 heavy (non-hydrogen) atoms. The van der Waals surface area contributed by atoms with Gasteiger partial charge in [0.25, 0.3) is 0 Å². The quantitative estimate of drug-likeness (QED) is 0.940. The van der Waals surface area contributed by atoms with Crippen molar-refractivity contribution >= 4 is 11.6 Å². The van der Waals surface area contributed by atoms with Gasteiger partial charge in [0.2, 0.25) is 0 Å². The highest BCUT2D eigenvalue weighted by atomic mass is 35.5. The lowest BCUT2D eigenvalue weighted by Crippen LogP contribution is -2.23. The number of nitrogens with one attached hydrogen (secondary N) is 1. The second-order valence-corrected chi connectivity index (χ2v) is 5.86. The lowest BCUT2D eigenvalue weighted by atomic mass is 9.91. The largest absolute Gasteiger partial charge is 0.346 e. The van der Waals surface area contributed by atoms with E-state index in [-0.39, 0.29) is 0 Å². The summed E-state index contributed by atoms with van der Waals surface area (Å²) < 4.78 is 4.17. The molecule has 2 heterocycles. The SMILES string of the molecule is CCNC1CCCc2cn(Cc3ncc(Cl)n3C)cc21. The minimum absolute atomic E-state index is 0.509. The highest BCUT2D eigenvalue weighted by Crippen LogP contribution is 2.30. The average molecular weight is 293 g/mol. The van der Waals surface area contributed by atoms with Crippen molar-refractivity contribution in [1.29, 1.82) is 0 Å². The number of aryl methyl sites for hydroxylation is 1. The van der Waals surface area contributed by atoms with Crippen molar-refractivity contribution in [2.75, 3.05) is 6.54 Å². The minimum Gasteiger partial charge on any atom is -0.346 e. The number of fused-ring (bicyclic) bond motifs is 1. The van der Waals surface area contributed by atoms with Crippen LogP contribution in [0.1, 0.15) is 42.8 Å². The molecule has 0 aliphatic heterocycles. The Morgan fingerprint density at radius 2 is 2.30 bits per heavy atom. The molecule has 1 atom stereocenters. The fraction of sp³-hybridized carbons (Fsp3) is 0.533.